The average Bonchev–Trinajstić information content (AvgIpc) is 2.76. The van der Waals surface area contributed by atoms with Crippen molar-refractivity contribution in [3.05, 3.63) is 16.1 Å². The normalized spacial score (nSPS) is 14.2. The second-order valence-electron chi connectivity index (χ2n) is 4.28. The highest BCUT2D eigenvalue weighted by atomic mass is 32.1. The van der Waals surface area contributed by atoms with Gasteiger partial charge in [0.05, 0.1) is 12.1 Å². The van der Waals surface area contributed by atoms with Crippen molar-refractivity contribution in [1.82, 2.24) is 10.3 Å². The number of amides is 1. The Morgan fingerprint density at radius 1 is 1.67 bits per heavy atom. The summed E-state index contributed by atoms with van der Waals surface area (Å²) in [4.78, 5) is 17.2. The maximum absolute atomic E-state index is 11.8. The van der Waals surface area contributed by atoms with Crippen LogP contribution in [0.3, 0.4) is 0 Å². The third-order valence-corrected chi connectivity index (χ3v) is 3.66. The number of hydrogen-bond acceptors (Lipinski definition) is 5. The average molecular weight is 271 g/mol. The first-order chi connectivity index (χ1) is 8.54. The van der Waals surface area contributed by atoms with E-state index in [1.165, 1.54) is 0 Å². The molecule has 1 aromatic rings. The van der Waals surface area contributed by atoms with Crippen molar-refractivity contribution < 1.29 is 9.53 Å². The Hall–Kier alpha value is -0.980. The first-order valence-corrected chi connectivity index (χ1v) is 6.83. The number of methoxy groups -OCH3 is 1. The lowest BCUT2D eigenvalue weighted by atomic mass is 10.1. The summed E-state index contributed by atoms with van der Waals surface area (Å²) in [6, 6.07) is -0.576. The van der Waals surface area contributed by atoms with Gasteiger partial charge in [-0.3, -0.25) is 4.79 Å². The minimum absolute atomic E-state index is 0.0929. The number of carbonyl (C=O) groups is 1. The molecule has 5 nitrogen and oxygen atoms in total. The minimum atomic E-state index is -0.483. The van der Waals surface area contributed by atoms with Crippen molar-refractivity contribution in [1.29, 1.82) is 0 Å². The molecule has 0 aliphatic heterocycles. The summed E-state index contributed by atoms with van der Waals surface area (Å²) in [5.74, 6) is -0.133. The van der Waals surface area contributed by atoms with Crippen LogP contribution in [0.2, 0.25) is 0 Å². The van der Waals surface area contributed by atoms with Crippen molar-refractivity contribution >= 4 is 17.2 Å². The van der Waals surface area contributed by atoms with Crippen LogP contribution in [-0.4, -0.2) is 30.6 Å². The Morgan fingerprint density at radius 3 is 2.94 bits per heavy atom. The maximum atomic E-state index is 11.8. The Bertz CT molecular complexity index is 381. The Balaban J connectivity index is 2.39. The third-order valence-electron chi connectivity index (χ3n) is 2.57. The number of nitrogens with two attached hydrogens (primary N) is 1. The smallest absolute Gasteiger partial charge is 0.237 e. The van der Waals surface area contributed by atoms with E-state index in [1.54, 1.807) is 24.6 Å². The van der Waals surface area contributed by atoms with Crippen LogP contribution in [0.25, 0.3) is 0 Å². The molecule has 1 aromatic heterocycles. The van der Waals surface area contributed by atoms with Gasteiger partial charge in [-0.2, -0.15) is 0 Å². The summed E-state index contributed by atoms with van der Waals surface area (Å²) >= 11 is 1.58. The molecule has 0 saturated heterocycles. The zero-order valence-corrected chi connectivity index (χ0v) is 11.9. The largest absolute Gasteiger partial charge is 0.385 e. The van der Waals surface area contributed by atoms with Crippen molar-refractivity contribution in [2.45, 2.75) is 38.8 Å². The first-order valence-electron chi connectivity index (χ1n) is 6.01. The highest BCUT2D eigenvalue weighted by Gasteiger charge is 2.17. The van der Waals surface area contributed by atoms with Crippen LogP contribution < -0.4 is 11.1 Å². The number of ether oxygens (including phenoxy) is 1. The molecule has 0 radical (unpaired) electrons. The molecular weight excluding hydrogens is 250 g/mol. The van der Waals surface area contributed by atoms with Gasteiger partial charge in [0.1, 0.15) is 5.01 Å². The second-order valence-corrected chi connectivity index (χ2v) is 5.55. The minimum Gasteiger partial charge on any atom is -0.385 e. The van der Waals surface area contributed by atoms with Crippen molar-refractivity contribution in [3.63, 3.8) is 0 Å². The monoisotopic (exact) mass is 271 g/mol. The van der Waals surface area contributed by atoms with Crippen LogP contribution in [0, 0.1) is 6.92 Å². The van der Waals surface area contributed by atoms with Gasteiger partial charge < -0.3 is 15.8 Å². The molecule has 0 aliphatic rings. The molecule has 18 heavy (non-hydrogen) atoms. The predicted molar refractivity (Wildman–Crippen MR) is 72.5 cm³/mol. The van der Waals surface area contributed by atoms with Gasteiger partial charge in [0, 0.05) is 24.8 Å². The van der Waals surface area contributed by atoms with Crippen molar-refractivity contribution in [2.24, 2.45) is 5.73 Å². The molecule has 1 heterocycles. The van der Waals surface area contributed by atoms with Crippen LogP contribution in [0.1, 0.15) is 35.7 Å². The molecule has 1 rings (SSSR count). The zero-order chi connectivity index (χ0) is 13.5. The van der Waals surface area contributed by atoms with Gasteiger partial charge in [0.2, 0.25) is 5.91 Å². The standard InChI is InChI=1S/C12H21N3O2S/c1-8-7-14-12(18-8)9(2)15-11(16)10(13)5-4-6-17-3/h7,9-10H,4-6,13H2,1-3H3,(H,15,16). The molecular formula is C12H21N3O2S. The van der Waals surface area contributed by atoms with Crippen molar-refractivity contribution in [2.75, 3.05) is 13.7 Å². The summed E-state index contributed by atoms with van der Waals surface area (Å²) in [5.41, 5.74) is 5.80. The van der Waals surface area contributed by atoms with Gasteiger partial charge >= 0.3 is 0 Å². The Kier molecular flexibility index (Phi) is 6.24. The van der Waals surface area contributed by atoms with E-state index in [4.69, 9.17) is 10.5 Å². The maximum Gasteiger partial charge on any atom is 0.237 e. The van der Waals surface area contributed by atoms with Crippen LogP contribution in [-0.2, 0) is 9.53 Å². The van der Waals surface area contributed by atoms with Gasteiger partial charge in [-0.15, -0.1) is 11.3 Å². The highest BCUT2D eigenvalue weighted by Crippen LogP contribution is 2.18. The number of thiazole rings is 1. The molecule has 2 unspecified atom stereocenters. The molecule has 6 heteroatoms. The molecule has 0 aromatic carbocycles. The van der Waals surface area contributed by atoms with Crippen LogP contribution >= 0.6 is 11.3 Å². The number of nitrogens with one attached hydrogen (secondary N) is 1. The summed E-state index contributed by atoms with van der Waals surface area (Å²) < 4.78 is 4.93. The van der Waals surface area contributed by atoms with E-state index in [2.05, 4.69) is 10.3 Å². The molecule has 102 valence electrons. The number of aromatic nitrogens is 1. The van der Waals surface area contributed by atoms with Gasteiger partial charge in [0.25, 0.3) is 0 Å². The SMILES string of the molecule is COCCCC(N)C(=O)NC(C)c1ncc(C)s1. The summed E-state index contributed by atoms with van der Waals surface area (Å²) in [6.07, 6.45) is 3.22. The molecule has 0 fully saturated rings. The van der Waals surface area contributed by atoms with E-state index in [9.17, 15) is 4.79 Å². The highest BCUT2D eigenvalue weighted by molar-refractivity contribution is 7.11. The lowest BCUT2D eigenvalue weighted by Crippen LogP contribution is -2.41. The van der Waals surface area contributed by atoms with Gasteiger partial charge in [-0.1, -0.05) is 0 Å². The number of carbonyl (C=O) groups excluding carboxylic acids is 1. The van der Waals surface area contributed by atoms with Crippen LogP contribution in [0.5, 0.6) is 0 Å². The summed E-state index contributed by atoms with van der Waals surface area (Å²) in [6.45, 7) is 4.53. The second kappa shape index (κ2) is 7.45. The molecule has 1 amide bonds. The number of aryl methyl sites for hydroxylation is 1. The summed E-state index contributed by atoms with van der Waals surface area (Å²) in [7, 11) is 1.64. The molecule has 3 N–H and O–H groups in total. The van der Waals surface area contributed by atoms with Gasteiger partial charge in [-0.05, 0) is 26.7 Å². The van der Waals surface area contributed by atoms with E-state index >= 15 is 0 Å². The quantitative estimate of drug-likeness (QED) is 0.735. The molecule has 2 atom stereocenters. The van der Waals surface area contributed by atoms with E-state index < -0.39 is 6.04 Å². The lowest BCUT2D eigenvalue weighted by molar-refractivity contribution is -0.123. The van der Waals surface area contributed by atoms with E-state index in [0.717, 1.165) is 16.3 Å². The van der Waals surface area contributed by atoms with E-state index in [1.807, 2.05) is 13.8 Å². The van der Waals surface area contributed by atoms with Gasteiger partial charge in [0.15, 0.2) is 0 Å². The number of rotatable bonds is 7. The zero-order valence-electron chi connectivity index (χ0n) is 11.1. The summed E-state index contributed by atoms with van der Waals surface area (Å²) in [5, 5.41) is 3.79. The lowest BCUT2D eigenvalue weighted by Gasteiger charge is -2.15. The Morgan fingerprint density at radius 2 is 2.39 bits per heavy atom. The van der Waals surface area contributed by atoms with E-state index in [-0.39, 0.29) is 11.9 Å². The van der Waals surface area contributed by atoms with Gasteiger partial charge in [-0.25, -0.2) is 4.98 Å². The molecule has 0 aliphatic carbocycles. The molecule has 0 saturated carbocycles. The van der Waals surface area contributed by atoms with Crippen molar-refractivity contribution in [3.8, 4) is 0 Å². The van der Waals surface area contributed by atoms with E-state index in [0.29, 0.717) is 13.0 Å². The molecule has 0 spiro atoms. The predicted octanol–water partition coefficient (Wildman–Crippen LogP) is 1.38. The number of nitrogens with zero attached hydrogens (tertiary/aromatic N) is 1. The third kappa shape index (κ3) is 4.72. The fourth-order valence-corrected chi connectivity index (χ4v) is 2.31. The van der Waals surface area contributed by atoms with Crippen LogP contribution in [0.15, 0.2) is 6.20 Å². The Labute approximate surface area is 112 Å². The number of hydrogen-bond donors (Lipinski definition) is 2. The fourth-order valence-electron chi connectivity index (χ4n) is 1.53. The first kappa shape index (κ1) is 15.1. The topological polar surface area (TPSA) is 77.2 Å². The molecule has 0 bridgehead atoms. The fraction of sp³-hybridized carbons (Fsp3) is 0.667. The van der Waals surface area contributed by atoms with Crippen LogP contribution in [0.4, 0.5) is 0 Å².